The van der Waals surface area contributed by atoms with Crippen molar-refractivity contribution in [3.05, 3.63) is 17.1 Å². The largest absolute Gasteiger partial charge is 0.383 e. The van der Waals surface area contributed by atoms with Crippen molar-refractivity contribution in [2.24, 2.45) is 0 Å². The molecule has 3 heterocycles. The standard InChI is InChI=1S/C14H20N4OS/c1-8-9(2)18(11-4-6-20(19)7-5-11)14-12(8)13(15)16-10(3)17-14/h11H,4-7H2,1-3H3,(H2,15,16,17). The Bertz CT molecular complexity index is 697. The van der Waals surface area contributed by atoms with Gasteiger partial charge in [0.1, 0.15) is 17.3 Å². The summed E-state index contributed by atoms with van der Waals surface area (Å²) in [6.07, 6.45) is 1.89. The topological polar surface area (TPSA) is 73.8 Å². The van der Waals surface area contributed by atoms with E-state index in [1.807, 2.05) is 6.92 Å². The van der Waals surface area contributed by atoms with Crippen LogP contribution in [0, 0.1) is 20.8 Å². The quantitative estimate of drug-likeness (QED) is 0.872. The summed E-state index contributed by atoms with van der Waals surface area (Å²) in [7, 11) is -0.648. The van der Waals surface area contributed by atoms with E-state index in [0.29, 0.717) is 17.7 Å². The molecule has 0 aromatic carbocycles. The lowest BCUT2D eigenvalue weighted by molar-refractivity contribution is 0.464. The number of hydrogen-bond donors (Lipinski definition) is 1. The molecular weight excluding hydrogens is 272 g/mol. The third kappa shape index (κ3) is 2.02. The predicted molar refractivity (Wildman–Crippen MR) is 82.3 cm³/mol. The summed E-state index contributed by atoms with van der Waals surface area (Å²) in [5.74, 6) is 2.82. The third-order valence-corrected chi connectivity index (χ3v) is 5.64. The van der Waals surface area contributed by atoms with Crippen LogP contribution in [0.2, 0.25) is 0 Å². The number of anilines is 1. The molecule has 1 fully saturated rings. The van der Waals surface area contributed by atoms with Gasteiger partial charge in [-0.15, -0.1) is 0 Å². The predicted octanol–water partition coefficient (Wildman–Crippen LogP) is 2.02. The minimum absolute atomic E-state index is 0.373. The molecule has 0 radical (unpaired) electrons. The number of hydrogen-bond acceptors (Lipinski definition) is 4. The van der Waals surface area contributed by atoms with Crippen molar-refractivity contribution in [3.8, 4) is 0 Å². The Balaban J connectivity index is 2.20. The average molecular weight is 292 g/mol. The van der Waals surface area contributed by atoms with E-state index in [1.54, 1.807) is 0 Å². The minimum Gasteiger partial charge on any atom is -0.383 e. The molecule has 3 rings (SSSR count). The maximum absolute atomic E-state index is 11.6. The van der Waals surface area contributed by atoms with Gasteiger partial charge < -0.3 is 10.3 Å². The molecule has 20 heavy (non-hydrogen) atoms. The molecule has 0 saturated carbocycles. The fourth-order valence-electron chi connectivity index (χ4n) is 3.12. The third-order valence-electron chi connectivity index (χ3n) is 4.26. The van der Waals surface area contributed by atoms with Crippen LogP contribution in [0.1, 0.15) is 36.0 Å². The molecule has 0 bridgehead atoms. The first-order chi connectivity index (χ1) is 9.49. The van der Waals surface area contributed by atoms with Gasteiger partial charge in [-0.25, -0.2) is 9.97 Å². The summed E-state index contributed by atoms with van der Waals surface area (Å²) < 4.78 is 13.8. The lowest BCUT2D eigenvalue weighted by Gasteiger charge is -2.25. The first-order valence-electron chi connectivity index (χ1n) is 6.95. The zero-order chi connectivity index (χ0) is 14.4. The van der Waals surface area contributed by atoms with Crippen molar-refractivity contribution in [3.63, 3.8) is 0 Å². The molecule has 108 valence electrons. The molecule has 6 heteroatoms. The summed E-state index contributed by atoms with van der Waals surface area (Å²) in [5, 5.41) is 0.972. The van der Waals surface area contributed by atoms with E-state index < -0.39 is 10.8 Å². The summed E-state index contributed by atoms with van der Waals surface area (Å²) in [4.78, 5) is 8.89. The van der Waals surface area contributed by atoms with E-state index in [9.17, 15) is 4.21 Å². The summed E-state index contributed by atoms with van der Waals surface area (Å²) in [6.45, 7) is 6.05. The lowest BCUT2D eigenvalue weighted by atomic mass is 10.1. The highest BCUT2D eigenvalue weighted by atomic mass is 32.2. The monoisotopic (exact) mass is 292 g/mol. The van der Waals surface area contributed by atoms with Crippen LogP contribution >= 0.6 is 0 Å². The molecule has 1 saturated heterocycles. The van der Waals surface area contributed by atoms with Crippen LogP contribution in [0.3, 0.4) is 0 Å². The van der Waals surface area contributed by atoms with Gasteiger partial charge in [-0.1, -0.05) is 0 Å². The number of aryl methyl sites for hydroxylation is 2. The second-order valence-electron chi connectivity index (χ2n) is 5.51. The van der Waals surface area contributed by atoms with Crippen molar-refractivity contribution in [1.82, 2.24) is 14.5 Å². The van der Waals surface area contributed by atoms with Crippen molar-refractivity contribution in [1.29, 1.82) is 0 Å². The molecule has 0 spiro atoms. The molecule has 2 N–H and O–H groups in total. The Morgan fingerprint density at radius 2 is 1.85 bits per heavy atom. The Morgan fingerprint density at radius 1 is 1.20 bits per heavy atom. The summed E-state index contributed by atoms with van der Waals surface area (Å²) >= 11 is 0. The van der Waals surface area contributed by atoms with E-state index in [2.05, 4.69) is 28.4 Å². The second kappa shape index (κ2) is 4.84. The van der Waals surface area contributed by atoms with Crippen molar-refractivity contribution in [2.45, 2.75) is 39.7 Å². The molecule has 0 aliphatic carbocycles. The smallest absolute Gasteiger partial charge is 0.146 e. The molecule has 2 aromatic rings. The Morgan fingerprint density at radius 3 is 2.50 bits per heavy atom. The maximum Gasteiger partial charge on any atom is 0.146 e. The number of nitrogens with zero attached hydrogens (tertiary/aromatic N) is 3. The molecular formula is C14H20N4OS. The highest BCUT2D eigenvalue weighted by Crippen LogP contribution is 2.34. The van der Waals surface area contributed by atoms with Crippen LogP contribution in [-0.4, -0.2) is 30.2 Å². The molecule has 5 nitrogen and oxygen atoms in total. The first-order valence-corrected chi connectivity index (χ1v) is 8.44. The minimum atomic E-state index is -0.648. The van der Waals surface area contributed by atoms with Gasteiger partial charge in [0.25, 0.3) is 0 Å². The number of nitrogens with two attached hydrogens (primary N) is 1. The second-order valence-corrected chi connectivity index (χ2v) is 7.21. The van der Waals surface area contributed by atoms with Gasteiger partial charge in [-0.2, -0.15) is 0 Å². The van der Waals surface area contributed by atoms with Crippen LogP contribution in [0.25, 0.3) is 11.0 Å². The highest BCUT2D eigenvalue weighted by molar-refractivity contribution is 7.85. The van der Waals surface area contributed by atoms with Gasteiger partial charge in [0, 0.05) is 34.0 Å². The van der Waals surface area contributed by atoms with Crippen LogP contribution in [0.4, 0.5) is 5.82 Å². The van der Waals surface area contributed by atoms with Gasteiger partial charge in [-0.05, 0) is 39.2 Å². The zero-order valence-electron chi connectivity index (χ0n) is 12.1. The van der Waals surface area contributed by atoms with E-state index in [1.165, 1.54) is 5.69 Å². The van der Waals surface area contributed by atoms with Gasteiger partial charge in [0.05, 0.1) is 5.39 Å². The van der Waals surface area contributed by atoms with Gasteiger partial charge in [0.15, 0.2) is 0 Å². The lowest BCUT2D eigenvalue weighted by Crippen LogP contribution is -2.22. The number of nitrogen functional groups attached to an aromatic ring is 1. The molecule has 0 unspecified atom stereocenters. The Labute approximate surface area is 121 Å². The Kier molecular flexibility index (Phi) is 3.28. The van der Waals surface area contributed by atoms with Crippen LogP contribution in [-0.2, 0) is 10.8 Å². The van der Waals surface area contributed by atoms with Gasteiger partial charge >= 0.3 is 0 Å². The van der Waals surface area contributed by atoms with Crippen molar-refractivity contribution in [2.75, 3.05) is 17.2 Å². The summed E-state index contributed by atoms with van der Waals surface area (Å²) in [5.41, 5.74) is 9.37. The highest BCUT2D eigenvalue weighted by Gasteiger charge is 2.25. The Hall–Kier alpha value is -1.43. The van der Waals surface area contributed by atoms with Gasteiger partial charge in [-0.3, -0.25) is 4.21 Å². The van der Waals surface area contributed by atoms with E-state index in [4.69, 9.17) is 5.73 Å². The van der Waals surface area contributed by atoms with Crippen LogP contribution in [0.5, 0.6) is 0 Å². The molecule has 0 atom stereocenters. The first kappa shape index (κ1) is 13.5. The molecule has 1 aliphatic rings. The zero-order valence-corrected chi connectivity index (χ0v) is 13.0. The molecule has 0 amide bonds. The SMILES string of the molecule is Cc1nc(N)c2c(C)c(C)n(C3CCS(=O)CC3)c2n1. The average Bonchev–Trinajstić information content (AvgIpc) is 2.63. The van der Waals surface area contributed by atoms with E-state index in [0.717, 1.165) is 40.9 Å². The number of rotatable bonds is 1. The fraction of sp³-hybridized carbons (Fsp3) is 0.571. The molecule has 1 aliphatic heterocycles. The normalized spacial score (nSPS) is 23.4. The van der Waals surface area contributed by atoms with Crippen molar-refractivity contribution < 1.29 is 4.21 Å². The van der Waals surface area contributed by atoms with E-state index in [-0.39, 0.29) is 0 Å². The number of aromatic nitrogens is 3. The van der Waals surface area contributed by atoms with Crippen LogP contribution in [0.15, 0.2) is 0 Å². The fourth-order valence-corrected chi connectivity index (χ4v) is 4.39. The van der Waals surface area contributed by atoms with Gasteiger partial charge in [0.2, 0.25) is 0 Å². The number of fused-ring (bicyclic) bond motifs is 1. The maximum atomic E-state index is 11.6. The van der Waals surface area contributed by atoms with Crippen molar-refractivity contribution >= 4 is 27.7 Å². The molecule has 2 aromatic heterocycles. The van der Waals surface area contributed by atoms with E-state index >= 15 is 0 Å². The summed E-state index contributed by atoms with van der Waals surface area (Å²) in [6, 6.07) is 0.373. The van der Waals surface area contributed by atoms with Crippen LogP contribution < -0.4 is 5.73 Å².